The van der Waals surface area contributed by atoms with Crippen LogP contribution in [0.3, 0.4) is 0 Å². The molecule has 1 saturated heterocycles. The highest BCUT2D eigenvalue weighted by Crippen LogP contribution is 2.29. The van der Waals surface area contributed by atoms with E-state index in [1.807, 2.05) is 11.8 Å². The molecule has 1 atom stereocenters. The molecule has 0 bridgehead atoms. The lowest BCUT2D eigenvalue weighted by molar-refractivity contribution is -0.139. The van der Waals surface area contributed by atoms with Gasteiger partial charge in [-0.15, -0.1) is 0 Å². The smallest absolute Gasteiger partial charge is 0.263 e. The topological polar surface area (TPSA) is 29.5 Å². The minimum absolute atomic E-state index is 0.0447. The second kappa shape index (κ2) is 7.19. The summed E-state index contributed by atoms with van der Waals surface area (Å²) in [6, 6.07) is 5.03. The van der Waals surface area contributed by atoms with Crippen molar-refractivity contribution in [3.8, 4) is 5.75 Å². The van der Waals surface area contributed by atoms with Crippen LogP contribution in [0.2, 0.25) is 10.0 Å². The minimum Gasteiger partial charge on any atom is -0.479 e. The van der Waals surface area contributed by atoms with Crippen LogP contribution in [0.25, 0.3) is 0 Å². The zero-order valence-electron chi connectivity index (χ0n) is 11.6. The number of halogens is 2. The number of benzene rings is 1. The summed E-state index contributed by atoms with van der Waals surface area (Å²) in [5, 5.41) is 1.02. The monoisotopic (exact) mass is 315 g/mol. The maximum atomic E-state index is 12.5. The van der Waals surface area contributed by atoms with Gasteiger partial charge in [0.05, 0.1) is 5.02 Å². The van der Waals surface area contributed by atoms with Gasteiger partial charge in [0, 0.05) is 24.2 Å². The predicted molar refractivity (Wildman–Crippen MR) is 81.6 cm³/mol. The maximum absolute atomic E-state index is 12.5. The highest BCUT2D eigenvalue weighted by molar-refractivity contribution is 6.34. The van der Waals surface area contributed by atoms with Gasteiger partial charge in [0.2, 0.25) is 0 Å². The number of carbonyl (C=O) groups is 1. The lowest BCUT2D eigenvalue weighted by Crippen LogP contribution is -2.44. The number of rotatable bonds is 4. The summed E-state index contributed by atoms with van der Waals surface area (Å²) in [7, 11) is 0. The van der Waals surface area contributed by atoms with Gasteiger partial charge in [-0.3, -0.25) is 4.79 Å². The zero-order chi connectivity index (χ0) is 14.5. The molecule has 2 rings (SSSR count). The molecule has 0 aliphatic carbocycles. The van der Waals surface area contributed by atoms with Crippen LogP contribution in [0, 0.1) is 0 Å². The molecule has 5 heteroatoms. The molecule has 0 unspecified atom stereocenters. The summed E-state index contributed by atoms with van der Waals surface area (Å²) < 4.78 is 5.78. The third-order valence-corrected chi connectivity index (χ3v) is 4.02. The summed E-state index contributed by atoms with van der Waals surface area (Å²) >= 11 is 12.0. The van der Waals surface area contributed by atoms with E-state index in [1.165, 1.54) is 6.42 Å². The Morgan fingerprint density at radius 3 is 2.65 bits per heavy atom. The zero-order valence-corrected chi connectivity index (χ0v) is 13.1. The van der Waals surface area contributed by atoms with E-state index in [1.54, 1.807) is 18.2 Å². The second-order valence-corrected chi connectivity index (χ2v) is 5.82. The van der Waals surface area contributed by atoms with Crippen molar-refractivity contribution in [2.75, 3.05) is 13.1 Å². The van der Waals surface area contributed by atoms with Gasteiger partial charge >= 0.3 is 0 Å². The third-order valence-electron chi connectivity index (χ3n) is 3.48. The largest absolute Gasteiger partial charge is 0.479 e. The summed E-state index contributed by atoms with van der Waals surface area (Å²) in [6.07, 6.45) is 3.45. The quantitative estimate of drug-likeness (QED) is 0.834. The van der Waals surface area contributed by atoms with Crippen molar-refractivity contribution < 1.29 is 9.53 Å². The van der Waals surface area contributed by atoms with Crippen molar-refractivity contribution in [1.82, 2.24) is 4.90 Å². The Kier molecular flexibility index (Phi) is 5.55. The summed E-state index contributed by atoms with van der Waals surface area (Å²) in [5.41, 5.74) is 0. The summed E-state index contributed by atoms with van der Waals surface area (Å²) in [5.74, 6) is 0.514. The van der Waals surface area contributed by atoms with Gasteiger partial charge in [0.15, 0.2) is 6.10 Å². The van der Waals surface area contributed by atoms with Crippen LogP contribution in [0.1, 0.15) is 32.6 Å². The lowest BCUT2D eigenvalue weighted by Gasteiger charge is -2.30. The Labute approximate surface area is 129 Å². The number of ether oxygens (including phenoxy) is 1. The molecule has 1 aliphatic heterocycles. The molecule has 0 saturated carbocycles. The molecule has 110 valence electrons. The van der Waals surface area contributed by atoms with Gasteiger partial charge in [-0.05, 0) is 37.8 Å². The number of piperidine rings is 1. The molecule has 0 radical (unpaired) electrons. The fourth-order valence-electron chi connectivity index (χ4n) is 2.35. The molecule has 1 aromatic rings. The van der Waals surface area contributed by atoms with Crippen molar-refractivity contribution in [2.45, 2.75) is 38.7 Å². The first-order valence-electron chi connectivity index (χ1n) is 7.02. The molecule has 0 aromatic heterocycles. The molecular weight excluding hydrogens is 297 g/mol. The van der Waals surface area contributed by atoms with E-state index in [2.05, 4.69) is 0 Å². The molecule has 0 spiro atoms. The Morgan fingerprint density at radius 1 is 1.30 bits per heavy atom. The Morgan fingerprint density at radius 2 is 2.00 bits per heavy atom. The van der Waals surface area contributed by atoms with Crippen LogP contribution in [-0.2, 0) is 4.79 Å². The van der Waals surface area contributed by atoms with Crippen LogP contribution in [-0.4, -0.2) is 30.0 Å². The summed E-state index contributed by atoms with van der Waals surface area (Å²) in [4.78, 5) is 14.3. The van der Waals surface area contributed by atoms with Gasteiger partial charge in [-0.1, -0.05) is 30.1 Å². The number of hydrogen-bond acceptors (Lipinski definition) is 2. The fraction of sp³-hybridized carbons (Fsp3) is 0.533. The Hall–Kier alpha value is -0.930. The molecule has 1 fully saturated rings. The van der Waals surface area contributed by atoms with Crippen molar-refractivity contribution in [2.24, 2.45) is 0 Å². The summed E-state index contributed by atoms with van der Waals surface area (Å²) in [6.45, 7) is 3.58. The van der Waals surface area contributed by atoms with Gasteiger partial charge in [-0.2, -0.15) is 0 Å². The third kappa shape index (κ3) is 3.80. The number of amides is 1. The standard InChI is InChI=1S/C15H19Cl2NO2/c1-2-13(15(19)18-8-4-3-5-9-18)20-14-10-11(16)6-7-12(14)17/h6-7,10,13H,2-5,8-9H2,1H3/t13-/m0/s1. The van der Waals surface area contributed by atoms with Gasteiger partial charge < -0.3 is 9.64 Å². The highest BCUT2D eigenvalue weighted by Gasteiger charge is 2.26. The predicted octanol–water partition coefficient (Wildman–Crippen LogP) is 4.16. The molecule has 1 aromatic carbocycles. The van der Waals surface area contributed by atoms with Crippen LogP contribution in [0.4, 0.5) is 0 Å². The number of likely N-dealkylation sites (tertiary alicyclic amines) is 1. The van der Waals surface area contributed by atoms with Crippen LogP contribution in [0.5, 0.6) is 5.75 Å². The van der Waals surface area contributed by atoms with Gasteiger partial charge in [-0.25, -0.2) is 0 Å². The van der Waals surface area contributed by atoms with Gasteiger partial charge in [0.25, 0.3) is 5.91 Å². The Balaban J connectivity index is 2.07. The van der Waals surface area contributed by atoms with E-state index >= 15 is 0 Å². The molecular formula is C15H19Cl2NO2. The molecule has 20 heavy (non-hydrogen) atoms. The van der Waals surface area contributed by atoms with E-state index in [9.17, 15) is 4.79 Å². The first-order chi connectivity index (χ1) is 9.61. The molecule has 1 aliphatic rings. The van der Waals surface area contributed by atoms with Crippen molar-refractivity contribution in [1.29, 1.82) is 0 Å². The van der Waals surface area contributed by atoms with Crippen LogP contribution >= 0.6 is 23.2 Å². The fourth-order valence-corrected chi connectivity index (χ4v) is 2.67. The normalized spacial score (nSPS) is 16.9. The lowest BCUT2D eigenvalue weighted by atomic mass is 10.1. The van der Waals surface area contributed by atoms with Crippen molar-refractivity contribution in [3.63, 3.8) is 0 Å². The number of nitrogens with zero attached hydrogens (tertiary/aromatic N) is 1. The first-order valence-corrected chi connectivity index (χ1v) is 7.78. The van der Waals surface area contributed by atoms with Crippen LogP contribution in [0.15, 0.2) is 18.2 Å². The molecule has 3 nitrogen and oxygen atoms in total. The van der Waals surface area contributed by atoms with E-state index in [0.29, 0.717) is 22.2 Å². The maximum Gasteiger partial charge on any atom is 0.263 e. The van der Waals surface area contributed by atoms with E-state index < -0.39 is 6.10 Å². The molecule has 1 amide bonds. The number of carbonyl (C=O) groups excluding carboxylic acids is 1. The number of hydrogen-bond donors (Lipinski definition) is 0. The van der Waals surface area contributed by atoms with E-state index in [4.69, 9.17) is 27.9 Å². The second-order valence-electron chi connectivity index (χ2n) is 4.98. The molecule has 1 heterocycles. The average Bonchev–Trinajstić information content (AvgIpc) is 2.48. The molecule has 0 N–H and O–H groups in total. The minimum atomic E-state index is -0.496. The SMILES string of the molecule is CC[C@H](Oc1cc(Cl)ccc1Cl)C(=O)N1CCCCC1. The van der Waals surface area contributed by atoms with E-state index in [0.717, 1.165) is 25.9 Å². The van der Waals surface area contributed by atoms with E-state index in [-0.39, 0.29) is 5.91 Å². The van der Waals surface area contributed by atoms with Crippen molar-refractivity contribution >= 4 is 29.1 Å². The first kappa shape index (κ1) is 15.5. The highest BCUT2D eigenvalue weighted by atomic mass is 35.5. The van der Waals surface area contributed by atoms with Crippen molar-refractivity contribution in [3.05, 3.63) is 28.2 Å². The average molecular weight is 316 g/mol. The Bertz CT molecular complexity index is 473. The van der Waals surface area contributed by atoms with Crippen LogP contribution < -0.4 is 4.74 Å². The van der Waals surface area contributed by atoms with Gasteiger partial charge in [0.1, 0.15) is 5.75 Å².